The van der Waals surface area contributed by atoms with Gasteiger partial charge in [-0.05, 0) is 39.7 Å². The monoisotopic (exact) mass is 487 g/mol. The van der Waals surface area contributed by atoms with Crippen molar-refractivity contribution in [3.05, 3.63) is 47.6 Å². The lowest BCUT2D eigenvalue weighted by molar-refractivity contribution is -0.140. The summed E-state index contributed by atoms with van der Waals surface area (Å²) in [6.45, 7) is 5.90. The Morgan fingerprint density at radius 3 is 2.53 bits per heavy atom. The highest BCUT2D eigenvalue weighted by Gasteiger charge is 2.31. The standard InChI is InChI=1S/C26H29N7O3/c1-14-4-6-21(30-14)20-7-5-18(12-28-20)19-13-29-33-24(27)22(15(2)34)23(31-25(19)33)17-8-10-32(11-9-17)26(36)16(3)35/h5-7,12-13,16-17,35H,4,8-11,27H2,1-3H3/t16-/m1/s1. The number of aliphatic hydroxyl groups excluding tert-OH is 1. The molecule has 2 aliphatic heterocycles. The van der Waals surface area contributed by atoms with Gasteiger partial charge in [-0.25, -0.2) is 4.98 Å². The van der Waals surface area contributed by atoms with E-state index in [2.05, 4.69) is 21.2 Å². The van der Waals surface area contributed by atoms with Crippen LogP contribution in [0, 0.1) is 0 Å². The number of aliphatic hydroxyl groups is 1. The number of amides is 1. The van der Waals surface area contributed by atoms with E-state index in [0.29, 0.717) is 42.8 Å². The molecule has 0 unspecified atom stereocenters. The van der Waals surface area contributed by atoms with Crippen molar-refractivity contribution < 1.29 is 14.7 Å². The maximum Gasteiger partial charge on any atom is 0.251 e. The van der Waals surface area contributed by atoms with Crippen molar-refractivity contribution in [1.29, 1.82) is 0 Å². The number of likely N-dealkylation sites (tertiary alicyclic amines) is 1. The zero-order valence-electron chi connectivity index (χ0n) is 20.6. The molecule has 1 saturated heterocycles. The Balaban J connectivity index is 1.51. The molecule has 0 aromatic carbocycles. The molecule has 0 saturated carbocycles. The summed E-state index contributed by atoms with van der Waals surface area (Å²) in [5.74, 6) is -0.260. The first kappa shape index (κ1) is 23.8. The third-order valence-electron chi connectivity index (χ3n) is 6.85. The van der Waals surface area contributed by atoms with Gasteiger partial charge < -0.3 is 15.7 Å². The molecule has 3 aromatic heterocycles. The van der Waals surface area contributed by atoms with Gasteiger partial charge in [0, 0.05) is 48.5 Å². The summed E-state index contributed by atoms with van der Waals surface area (Å²) in [6, 6.07) is 3.88. The van der Waals surface area contributed by atoms with Crippen LogP contribution in [0.1, 0.15) is 67.7 Å². The molecular formula is C26H29N7O3. The normalized spacial score (nSPS) is 17.3. The highest BCUT2D eigenvalue weighted by Crippen LogP contribution is 2.35. The van der Waals surface area contributed by atoms with Crippen LogP contribution in [0.4, 0.5) is 5.82 Å². The molecule has 1 atom stereocenters. The first-order valence-electron chi connectivity index (χ1n) is 12.1. The Morgan fingerprint density at radius 2 is 1.94 bits per heavy atom. The SMILES string of the molecule is CC(=O)c1c(C2CCN(C(=O)[C@@H](C)O)CC2)nc2c(-c3ccc(C4=CCC(C)=N4)nc3)cnn2c1N. The van der Waals surface area contributed by atoms with Crippen molar-refractivity contribution in [2.24, 2.45) is 4.99 Å². The van der Waals surface area contributed by atoms with Crippen molar-refractivity contribution in [3.63, 3.8) is 0 Å². The number of anilines is 1. The number of aromatic nitrogens is 4. The van der Waals surface area contributed by atoms with Crippen LogP contribution < -0.4 is 5.73 Å². The third kappa shape index (κ3) is 4.17. The Morgan fingerprint density at radius 1 is 1.19 bits per heavy atom. The number of fused-ring (bicyclic) bond motifs is 1. The Kier molecular flexibility index (Phi) is 6.13. The van der Waals surface area contributed by atoms with Crippen molar-refractivity contribution in [1.82, 2.24) is 24.5 Å². The summed E-state index contributed by atoms with van der Waals surface area (Å²) in [5, 5.41) is 14.1. The van der Waals surface area contributed by atoms with E-state index in [1.165, 1.54) is 18.4 Å². The highest BCUT2D eigenvalue weighted by atomic mass is 16.3. The molecule has 2 aliphatic rings. The Bertz CT molecular complexity index is 1410. The van der Waals surface area contributed by atoms with Crippen LogP contribution >= 0.6 is 0 Å². The number of nitrogen functional groups attached to an aromatic ring is 1. The number of Topliss-reactive ketones (excluding diaryl/α,β-unsaturated/α-hetero) is 1. The lowest BCUT2D eigenvalue weighted by Crippen LogP contribution is -2.42. The predicted molar refractivity (Wildman–Crippen MR) is 137 cm³/mol. The molecule has 0 radical (unpaired) electrons. The fourth-order valence-corrected chi connectivity index (χ4v) is 4.94. The topological polar surface area (TPSA) is 139 Å². The minimum Gasteiger partial charge on any atom is -0.384 e. The van der Waals surface area contributed by atoms with Crippen LogP contribution in [0.3, 0.4) is 0 Å². The zero-order chi connectivity index (χ0) is 25.6. The third-order valence-corrected chi connectivity index (χ3v) is 6.85. The van der Waals surface area contributed by atoms with E-state index in [9.17, 15) is 14.7 Å². The second kappa shape index (κ2) is 9.27. The van der Waals surface area contributed by atoms with Gasteiger partial charge >= 0.3 is 0 Å². The molecule has 5 heterocycles. The van der Waals surface area contributed by atoms with E-state index < -0.39 is 6.10 Å². The first-order chi connectivity index (χ1) is 17.2. The molecule has 0 aliphatic carbocycles. The van der Waals surface area contributed by atoms with Crippen molar-refractivity contribution in [2.75, 3.05) is 18.8 Å². The maximum absolute atomic E-state index is 12.6. The average molecular weight is 488 g/mol. The molecule has 3 aromatic rings. The molecule has 5 rings (SSSR count). The second-order valence-electron chi connectivity index (χ2n) is 9.46. The second-order valence-corrected chi connectivity index (χ2v) is 9.46. The van der Waals surface area contributed by atoms with E-state index in [1.54, 1.807) is 17.3 Å². The molecule has 186 valence electrons. The number of allylic oxidation sites excluding steroid dienone is 1. The number of pyridine rings is 1. The predicted octanol–water partition coefficient (Wildman–Crippen LogP) is 2.87. The van der Waals surface area contributed by atoms with Gasteiger partial charge in [-0.15, -0.1) is 0 Å². The van der Waals surface area contributed by atoms with Crippen LogP contribution in [-0.2, 0) is 4.79 Å². The van der Waals surface area contributed by atoms with Crippen LogP contribution in [0.2, 0.25) is 0 Å². The lowest BCUT2D eigenvalue weighted by Gasteiger charge is -2.33. The van der Waals surface area contributed by atoms with Crippen LogP contribution in [0.15, 0.2) is 35.6 Å². The summed E-state index contributed by atoms with van der Waals surface area (Å²) >= 11 is 0. The highest BCUT2D eigenvalue weighted by molar-refractivity contribution is 6.00. The van der Waals surface area contributed by atoms with Crippen LogP contribution in [-0.4, -0.2) is 66.2 Å². The van der Waals surface area contributed by atoms with Gasteiger partial charge in [0.1, 0.15) is 11.9 Å². The molecule has 0 spiro atoms. The first-order valence-corrected chi connectivity index (χ1v) is 12.1. The largest absolute Gasteiger partial charge is 0.384 e. The molecule has 0 bridgehead atoms. The minimum absolute atomic E-state index is 0.0482. The fourth-order valence-electron chi connectivity index (χ4n) is 4.94. The van der Waals surface area contributed by atoms with Gasteiger partial charge in [-0.2, -0.15) is 9.61 Å². The number of carbonyl (C=O) groups excluding carboxylic acids is 2. The number of aliphatic imine (C=N–C) groups is 1. The molecular weight excluding hydrogens is 458 g/mol. The number of hydrogen-bond donors (Lipinski definition) is 2. The van der Waals surface area contributed by atoms with E-state index in [-0.39, 0.29) is 23.4 Å². The summed E-state index contributed by atoms with van der Waals surface area (Å²) in [7, 11) is 0. The van der Waals surface area contributed by atoms with Crippen molar-refractivity contribution >= 4 is 34.6 Å². The van der Waals surface area contributed by atoms with E-state index in [0.717, 1.165) is 34.7 Å². The summed E-state index contributed by atoms with van der Waals surface area (Å²) in [5.41, 5.74) is 12.3. The van der Waals surface area contributed by atoms with Gasteiger partial charge in [0.2, 0.25) is 0 Å². The fraction of sp³-hybridized carbons (Fsp3) is 0.385. The van der Waals surface area contributed by atoms with Gasteiger partial charge in [-0.3, -0.25) is 19.6 Å². The Hall–Kier alpha value is -3.92. The summed E-state index contributed by atoms with van der Waals surface area (Å²) in [6.07, 6.45) is 6.56. The number of piperidine rings is 1. The number of ketones is 1. The molecule has 3 N–H and O–H groups in total. The van der Waals surface area contributed by atoms with Gasteiger partial charge in [0.15, 0.2) is 11.4 Å². The van der Waals surface area contributed by atoms with Crippen LogP contribution in [0.25, 0.3) is 22.5 Å². The molecule has 36 heavy (non-hydrogen) atoms. The lowest BCUT2D eigenvalue weighted by atomic mass is 9.89. The average Bonchev–Trinajstić information content (AvgIpc) is 3.50. The number of rotatable bonds is 5. The quantitative estimate of drug-likeness (QED) is 0.528. The molecule has 1 fully saturated rings. The number of hydrogen-bond acceptors (Lipinski definition) is 8. The number of nitrogens with zero attached hydrogens (tertiary/aromatic N) is 6. The van der Waals surface area contributed by atoms with Gasteiger partial charge in [-0.1, -0.05) is 12.1 Å². The van der Waals surface area contributed by atoms with Gasteiger partial charge in [0.05, 0.1) is 28.8 Å². The minimum atomic E-state index is -1.03. The molecule has 10 nitrogen and oxygen atoms in total. The molecule has 1 amide bonds. The Labute approximate surface area is 208 Å². The van der Waals surface area contributed by atoms with E-state index >= 15 is 0 Å². The van der Waals surface area contributed by atoms with Crippen molar-refractivity contribution in [2.45, 2.75) is 52.1 Å². The summed E-state index contributed by atoms with van der Waals surface area (Å²) in [4.78, 5) is 40.5. The summed E-state index contributed by atoms with van der Waals surface area (Å²) < 4.78 is 1.50. The zero-order valence-corrected chi connectivity index (χ0v) is 20.6. The maximum atomic E-state index is 12.6. The van der Waals surface area contributed by atoms with Crippen LogP contribution in [0.5, 0.6) is 0 Å². The number of carbonyl (C=O) groups is 2. The molecule has 10 heteroatoms. The van der Waals surface area contributed by atoms with Gasteiger partial charge in [0.25, 0.3) is 5.91 Å². The van der Waals surface area contributed by atoms with E-state index in [1.807, 2.05) is 19.1 Å². The number of nitrogens with two attached hydrogens (primary N) is 1. The van der Waals surface area contributed by atoms with Crippen molar-refractivity contribution in [3.8, 4) is 11.1 Å². The smallest absolute Gasteiger partial charge is 0.251 e. The van der Waals surface area contributed by atoms with E-state index in [4.69, 9.17) is 10.7 Å².